The fourth-order valence-electron chi connectivity index (χ4n) is 3.46. The van der Waals surface area contributed by atoms with Gasteiger partial charge in [-0.2, -0.15) is 0 Å². The minimum atomic E-state index is -0.901. The van der Waals surface area contributed by atoms with Crippen LogP contribution in [0.15, 0.2) is 48.7 Å². The molecule has 2 aliphatic rings. The lowest BCUT2D eigenvalue weighted by Crippen LogP contribution is -2.89. The molecule has 2 heterocycles. The number of benzene rings is 1. The highest BCUT2D eigenvalue weighted by Gasteiger charge is 2.35. The van der Waals surface area contributed by atoms with Crippen molar-refractivity contribution in [2.75, 3.05) is 6.54 Å². The second-order valence-electron chi connectivity index (χ2n) is 7.05. The number of carbonyl (C=O) groups excluding carboxylic acids is 1. The Kier molecular flexibility index (Phi) is 4.49. The minimum Gasteiger partial charge on any atom is -0.338 e. The molecule has 3 N–H and O–H groups in total. The summed E-state index contributed by atoms with van der Waals surface area (Å²) < 4.78 is 13.4. The Hall–Kier alpha value is -2.27. The Labute approximate surface area is 146 Å². The van der Waals surface area contributed by atoms with Crippen molar-refractivity contribution in [3.8, 4) is 0 Å². The minimum absolute atomic E-state index is 0.123. The van der Waals surface area contributed by atoms with Crippen LogP contribution in [0, 0.1) is 0 Å². The molecule has 1 aromatic heterocycles. The molecule has 1 unspecified atom stereocenters. The van der Waals surface area contributed by atoms with E-state index in [1.54, 1.807) is 5.32 Å². The summed E-state index contributed by atoms with van der Waals surface area (Å²) in [6.45, 7) is 0.364. The standard InChI is InChI=1S/C20H22FN3O/c21-16-10-18(23-12-16)20(25)24-19(14-4-2-1-3-5-14)17-9-8-15(11-22-17)13-6-7-13/h1-5,8-9,11,13,16,18-19,23H,6-7,10,12H2,(H,24,25)/p+1/t16-,18+,19?/m1/s1. The van der Waals surface area contributed by atoms with Crippen molar-refractivity contribution in [2.45, 2.75) is 43.4 Å². The molecule has 5 heteroatoms. The molecule has 25 heavy (non-hydrogen) atoms. The van der Waals surface area contributed by atoms with Gasteiger partial charge in [0.25, 0.3) is 5.91 Å². The molecule has 1 aliphatic carbocycles. The molecule has 0 spiro atoms. The fraction of sp³-hybridized carbons (Fsp3) is 0.400. The number of amides is 1. The average Bonchev–Trinajstić information content (AvgIpc) is 3.41. The van der Waals surface area contributed by atoms with E-state index in [2.05, 4.69) is 16.4 Å². The maximum absolute atomic E-state index is 13.4. The Bertz CT molecular complexity index is 730. The predicted molar refractivity (Wildman–Crippen MR) is 92.7 cm³/mol. The van der Waals surface area contributed by atoms with Gasteiger partial charge in [0.2, 0.25) is 0 Å². The molecular weight excluding hydrogens is 317 g/mol. The van der Waals surface area contributed by atoms with Gasteiger partial charge in [0.1, 0.15) is 6.54 Å². The largest absolute Gasteiger partial charge is 0.338 e. The summed E-state index contributed by atoms with van der Waals surface area (Å²) in [5, 5.41) is 4.86. The fourth-order valence-corrected chi connectivity index (χ4v) is 3.46. The van der Waals surface area contributed by atoms with Gasteiger partial charge in [-0.15, -0.1) is 0 Å². The molecule has 1 aromatic carbocycles. The second kappa shape index (κ2) is 6.92. The summed E-state index contributed by atoms with van der Waals surface area (Å²) in [5.74, 6) is 0.531. The van der Waals surface area contributed by atoms with E-state index in [1.165, 1.54) is 18.4 Å². The van der Waals surface area contributed by atoms with Crippen LogP contribution in [0.4, 0.5) is 4.39 Å². The van der Waals surface area contributed by atoms with Crippen LogP contribution in [-0.4, -0.2) is 29.6 Å². The summed E-state index contributed by atoms with van der Waals surface area (Å²) in [4.78, 5) is 17.2. The Morgan fingerprint density at radius 3 is 2.60 bits per heavy atom. The lowest BCUT2D eigenvalue weighted by Gasteiger charge is -2.20. The van der Waals surface area contributed by atoms with Crippen LogP contribution < -0.4 is 10.6 Å². The highest BCUT2D eigenvalue weighted by atomic mass is 19.1. The zero-order valence-electron chi connectivity index (χ0n) is 14.1. The lowest BCUT2D eigenvalue weighted by molar-refractivity contribution is -0.659. The molecule has 1 saturated carbocycles. The number of nitrogens with zero attached hydrogens (tertiary/aromatic N) is 1. The predicted octanol–water partition coefficient (Wildman–Crippen LogP) is 1.84. The monoisotopic (exact) mass is 340 g/mol. The number of quaternary nitrogens is 1. The Morgan fingerprint density at radius 2 is 2.00 bits per heavy atom. The average molecular weight is 340 g/mol. The van der Waals surface area contributed by atoms with Gasteiger partial charge in [-0.25, -0.2) is 4.39 Å². The third kappa shape index (κ3) is 3.71. The molecule has 0 bridgehead atoms. The van der Waals surface area contributed by atoms with E-state index in [0.29, 0.717) is 12.5 Å². The topological polar surface area (TPSA) is 58.6 Å². The van der Waals surface area contributed by atoms with Crippen LogP contribution in [0.3, 0.4) is 0 Å². The number of pyridine rings is 1. The highest BCUT2D eigenvalue weighted by Crippen LogP contribution is 2.39. The van der Waals surface area contributed by atoms with E-state index in [9.17, 15) is 9.18 Å². The summed E-state index contributed by atoms with van der Waals surface area (Å²) in [6, 6.07) is 13.3. The molecule has 2 fully saturated rings. The molecule has 1 amide bonds. The van der Waals surface area contributed by atoms with Gasteiger partial charge >= 0.3 is 0 Å². The number of rotatable bonds is 5. The molecule has 2 aromatic rings. The van der Waals surface area contributed by atoms with Gasteiger partial charge in [-0.1, -0.05) is 36.4 Å². The van der Waals surface area contributed by atoms with Crippen molar-refractivity contribution in [2.24, 2.45) is 0 Å². The Morgan fingerprint density at radius 1 is 1.20 bits per heavy atom. The maximum atomic E-state index is 13.4. The molecule has 130 valence electrons. The van der Waals surface area contributed by atoms with Gasteiger partial charge in [0, 0.05) is 12.6 Å². The number of halogens is 1. The second-order valence-corrected chi connectivity index (χ2v) is 7.05. The van der Waals surface area contributed by atoms with Crippen LogP contribution in [0.2, 0.25) is 0 Å². The van der Waals surface area contributed by atoms with Crippen LogP contribution in [0.5, 0.6) is 0 Å². The number of hydrogen-bond donors (Lipinski definition) is 2. The SMILES string of the molecule is O=C(NC(c1ccccc1)c1ccc(C2CC2)cn1)[C@@H]1C[C@@H](F)C[NH2+]1. The molecule has 4 nitrogen and oxygen atoms in total. The quantitative estimate of drug-likeness (QED) is 0.873. The smallest absolute Gasteiger partial charge is 0.279 e. The first-order valence-corrected chi connectivity index (χ1v) is 8.99. The number of carbonyl (C=O) groups is 1. The highest BCUT2D eigenvalue weighted by molar-refractivity contribution is 5.81. The number of aromatic nitrogens is 1. The van der Waals surface area contributed by atoms with Crippen molar-refractivity contribution in [3.63, 3.8) is 0 Å². The molecule has 0 radical (unpaired) electrons. The lowest BCUT2D eigenvalue weighted by atomic mass is 10.0. The number of nitrogens with one attached hydrogen (secondary N) is 1. The molecule has 4 rings (SSSR count). The molecule has 1 saturated heterocycles. The first kappa shape index (κ1) is 16.2. The van der Waals surface area contributed by atoms with Crippen LogP contribution in [0.25, 0.3) is 0 Å². The molecule has 1 aliphatic heterocycles. The van der Waals surface area contributed by atoms with Gasteiger partial charge in [0.15, 0.2) is 12.2 Å². The van der Waals surface area contributed by atoms with Crippen LogP contribution in [-0.2, 0) is 4.79 Å². The number of nitrogens with two attached hydrogens (primary N) is 1. The van der Waals surface area contributed by atoms with Gasteiger partial charge < -0.3 is 10.6 Å². The molecule has 3 atom stereocenters. The van der Waals surface area contributed by atoms with Crippen molar-refractivity contribution in [1.82, 2.24) is 10.3 Å². The first-order valence-electron chi connectivity index (χ1n) is 8.99. The molecular formula is C20H23FN3O+. The van der Waals surface area contributed by atoms with Crippen molar-refractivity contribution < 1.29 is 14.5 Å². The van der Waals surface area contributed by atoms with Crippen LogP contribution >= 0.6 is 0 Å². The van der Waals surface area contributed by atoms with E-state index < -0.39 is 6.17 Å². The summed E-state index contributed by atoms with van der Waals surface area (Å²) in [5.41, 5.74) is 3.07. The van der Waals surface area contributed by atoms with Gasteiger partial charge in [0.05, 0.1) is 11.7 Å². The van der Waals surface area contributed by atoms with Crippen LogP contribution in [0.1, 0.15) is 48.0 Å². The third-order valence-electron chi connectivity index (χ3n) is 5.10. The first-order chi connectivity index (χ1) is 12.2. The number of alkyl halides is 1. The van der Waals surface area contributed by atoms with Crippen molar-refractivity contribution in [3.05, 3.63) is 65.5 Å². The zero-order chi connectivity index (χ0) is 17.2. The Balaban J connectivity index is 1.56. The normalized spacial score (nSPS) is 24.0. The number of hydrogen-bond acceptors (Lipinski definition) is 2. The van der Waals surface area contributed by atoms with E-state index >= 15 is 0 Å². The van der Waals surface area contributed by atoms with Crippen molar-refractivity contribution >= 4 is 5.91 Å². The van der Waals surface area contributed by atoms with Gasteiger partial charge in [-0.3, -0.25) is 9.78 Å². The summed E-state index contributed by atoms with van der Waals surface area (Å²) >= 11 is 0. The van der Waals surface area contributed by atoms with Crippen molar-refractivity contribution in [1.29, 1.82) is 0 Å². The van der Waals surface area contributed by atoms with E-state index in [-0.39, 0.29) is 24.4 Å². The van der Waals surface area contributed by atoms with Gasteiger partial charge in [-0.05, 0) is 36.0 Å². The third-order valence-corrected chi connectivity index (χ3v) is 5.10. The van der Waals surface area contributed by atoms with E-state index in [4.69, 9.17) is 0 Å². The summed E-state index contributed by atoms with van der Waals surface area (Å²) in [6.07, 6.45) is 3.78. The zero-order valence-corrected chi connectivity index (χ0v) is 14.1. The van der Waals surface area contributed by atoms with E-state index in [0.717, 1.165) is 11.3 Å². The van der Waals surface area contributed by atoms with E-state index in [1.807, 2.05) is 42.6 Å². The maximum Gasteiger partial charge on any atom is 0.279 e. The summed E-state index contributed by atoms with van der Waals surface area (Å²) in [7, 11) is 0.